The van der Waals surface area contributed by atoms with Gasteiger partial charge < -0.3 is 35.0 Å². The fourth-order valence-electron chi connectivity index (χ4n) is 9.29. The number of aromatic nitrogens is 4. The van der Waals surface area contributed by atoms with Gasteiger partial charge in [0, 0.05) is 13.0 Å². The molecule has 4 amide bonds. The van der Waals surface area contributed by atoms with Crippen molar-refractivity contribution < 1.29 is 33.5 Å². The highest BCUT2D eigenvalue weighted by molar-refractivity contribution is 5.87. The van der Waals surface area contributed by atoms with Crippen LogP contribution in [0.2, 0.25) is 0 Å². The van der Waals surface area contributed by atoms with Gasteiger partial charge in [-0.05, 0) is 78.0 Å². The van der Waals surface area contributed by atoms with E-state index in [4.69, 9.17) is 24.3 Å². The first kappa shape index (κ1) is 41.1. The Morgan fingerprint density at radius 3 is 1.58 bits per heavy atom. The summed E-state index contributed by atoms with van der Waals surface area (Å²) in [5, 5.41) is 6.86. The maximum atomic E-state index is 14.0. The highest BCUT2D eigenvalue weighted by Gasteiger charge is 2.54. The summed E-state index contributed by atoms with van der Waals surface area (Å²) in [6, 6.07) is 14.4. The van der Waals surface area contributed by atoms with Crippen LogP contribution in [0.5, 0.6) is 0 Å². The number of ether oxygens (including phenoxy) is 2. The molecular weight excluding hydrogens is 765 g/mol. The van der Waals surface area contributed by atoms with Gasteiger partial charge in [-0.3, -0.25) is 14.4 Å². The van der Waals surface area contributed by atoms with E-state index in [0.717, 1.165) is 84.4 Å². The maximum Gasteiger partial charge on any atom is 0.407 e. The first-order valence-electron chi connectivity index (χ1n) is 21.1. The third kappa shape index (κ3) is 7.86. The van der Waals surface area contributed by atoms with Crippen LogP contribution in [-0.2, 0) is 23.9 Å². The van der Waals surface area contributed by atoms with E-state index in [9.17, 15) is 19.2 Å². The van der Waals surface area contributed by atoms with E-state index in [1.807, 2.05) is 50.9 Å². The number of nitrogens with zero attached hydrogens (tertiary/aromatic N) is 4. The molecule has 4 aliphatic rings. The Bertz CT molecular complexity index is 2050. The van der Waals surface area contributed by atoms with E-state index < -0.39 is 35.9 Å². The van der Waals surface area contributed by atoms with E-state index in [0.29, 0.717) is 18.8 Å². The van der Waals surface area contributed by atoms with E-state index >= 15 is 0 Å². The Labute approximate surface area is 350 Å². The minimum absolute atomic E-state index is 0.0887. The molecule has 0 bridgehead atoms. The van der Waals surface area contributed by atoms with Gasteiger partial charge in [-0.1, -0.05) is 82.6 Å². The number of hydroxylamine groups is 2. The van der Waals surface area contributed by atoms with Crippen LogP contribution in [0.15, 0.2) is 60.9 Å². The lowest BCUT2D eigenvalue weighted by Gasteiger charge is -2.38. The van der Waals surface area contributed by atoms with Crippen molar-refractivity contribution >= 4 is 24.0 Å². The monoisotopic (exact) mass is 820 g/mol. The average Bonchev–Trinajstić information content (AvgIpc) is 4.05. The lowest BCUT2D eigenvalue weighted by molar-refractivity contribution is -0.230. The number of likely N-dealkylation sites (tertiary alicyclic amines) is 1. The van der Waals surface area contributed by atoms with E-state index in [1.165, 1.54) is 19.3 Å². The van der Waals surface area contributed by atoms with Crippen molar-refractivity contribution in [1.29, 1.82) is 0 Å². The number of amides is 4. The van der Waals surface area contributed by atoms with Crippen LogP contribution >= 0.6 is 0 Å². The fourth-order valence-corrected chi connectivity index (χ4v) is 9.29. The zero-order valence-electron chi connectivity index (χ0n) is 35.2. The molecule has 2 saturated heterocycles. The Morgan fingerprint density at radius 1 is 0.683 bits per heavy atom. The summed E-state index contributed by atoms with van der Waals surface area (Å²) in [5.41, 5.74) is 5.40. The summed E-state index contributed by atoms with van der Waals surface area (Å²) < 4.78 is 9.62. The number of rotatable bonds is 11. The highest BCUT2D eigenvalue weighted by Crippen LogP contribution is 2.54. The molecule has 60 heavy (non-hydrogen) atoms. The van der Waals surface area contributed by atoms with Gasteiger partial charge in [0.1, 0.15) is 29.8 Å². The van der Waals surface area contributed by atoms with Crippen molar-refractivity contribution in [1.82, 2.24) is 40.5 Å². The molecule has 15 heteroatoms. The smallest absolute Gasteiger partial charge is 0.407 e. The van der Waals surface area contributed by atoms with Crippen LogP contribution in [0.25, 0.3) is 33.6 Å². The lowest BCUT2D eigenvalue weighted by atomic mass is 9.67. The van der Waals surface area contributed by atoms with Gasteiger partial charge in [0.15, 0.2) is 0 Å². The third-order valence-corrected chi connectivity index (χ3v) is 13.2. The molecule has 4 aromatic rings. The molecule has 2 aliphatic heterocycles. The number of alkyl carbamates (subject to hydrolysis) is 2. The first-order valence-corrected chi connectivity index (χ1v) is 21.1. The molecule has 4 atom stereocenters. The van der Waals surface area contributed by atoms with Gasteiger partial charge in [0.05, 0.1) is 49.6 Å². The number of hydrogen-bond acceptors (Lipinski definition) is 9. The van der Waals surface area contributed by atoms with Gasteiger partial charge in [-0.25, -0.2) is 24.6 Å². The number of H-pyrrole nitrogens is 2. The minimum atomic E-state index is -0.815. The predicted molar refractivity (Wildman–Crippen MR) is 223 cm³/mol. The average molecular weight is 821 g/mol. The highest BCUT2D eigenvalue weighted by atomic mass is 16.7. The molecule has 2 aromatic carbocycles. The summed E-state index contributed by atoms with van der Waals surface area (Å²) in [6.45, 7) is 8.25. The number of methoxy groups -OCH3 is 2. The molecule has 15 nitrogen and oxygen atoms in total. The van der Waals surface area contributed by atoms with Crippen molar-refractivity contribution in [2.75, 3.05) is 20.8 Å². The fraction of sp³-hybridized carbons (Fsp3) is 0.511. The van der Waals surface area contributed by atoms with E-state index in [2.05, 4.69) is 57.0 Å². The Morgan fingerprint density at radius 2 is 1.15 bits per heavy atom. The van der Waals surface area contributed by atoms with Crippen LogP contribution in [0.3, 0.4) is 0 Å². The third-order valence-electron chi connectivity index (χ3n) is 13.2. The van der Waals surface area contributed by atoms with Crippen LogP contribution in [0.1, 0.15) is 103 Å². The van der Waals surface area contributed by atoms with Crippen LogP contribution < -0.4 is 10.6 Å². The van der Waals surface area contributed by atoms with Crippen molar-refractivity contribution in [2.24, 2.45) is 17.3 Å². The Hall–Kier alpha value is -5.70. The second-order valence-corrected chi connectivity index (χ2v) is 17.8. The van der Waals surface area contributed by atoms with E-state index in [1.54, 1.807) is 6.20 Å². The summed E-state index contributed by atoms with van der Waals surface area (Å²) in [5.74, 6) is 0.649. The largest absolute Gasteiger partial charge is 0.453 e. The number of hydrogen-bond donors (Lipinski definition) is 4. The minimum Gasteiger partial charge on any atom is -0.453 e. The van der Waals surface area contributed by atoms with Crippen molar-refractivity contribution in [3.8, 4) is 33.6 Å². The molecular formula is C45H56N8O7. The number of imidazole rings is 2. The van der Waals surface area contributed by atoms with Crippen molar-refractivity contribution in [3.05, 3.63) is 72.6 Å². The van der Waals surface area contributed by atoms with Crippen LogP contribution in [-0.4, -0.2) is 92.3 Å². The second-order valence-electron chi connectivity index (χ2n) is 17.8. The molecule has 318 valence electrons. The van der Waals surface area contributed by atoms with E-state index in [-0.39, 0.29) is 35.1 Å². The topological polar surface area (TPSA) is 184 Å². The second kappa shape index (κ2) is 16.4. The zero-order chi connectivity index (χ0) is 42.3. The van der Waals surface area contributed by atoms with Crippen molar-refractivity contribution in [2.45, 2.75) is 109 Å². The number of carbonyl (C=O) groups is 4. The maximum absolute atomic E-state index is 14.0. The van der Waals surface area contributed by atoms with Gasteiger partial charge in [-0.2, -0.15) is 0 Å². The van der Waals surface area contributed by atoms with Crippen LogP contribution in [0, 0.1) is 17.3 Å². The number of aromatic amines is 2. The number of nitrogens with one attached hydrogen (secondary N) is 4. The first-order chi connectivity index (χ1) is 28.8. The number of carbonyl (C=O) groups excluding carboxylic acids is 4. The Kier molecular flexibility index (Phi) is 11.2. The molecule has 2 spiro atoms. The SMILES string of the molecule is COC(=O)N[C@H](C(=O)N1CC2(CCC2)C[C@H]1c1ncc(-c2ccc(-c3ccc(-c4cnc([C@@H]5CC6(CCC6)ON5C(=O)[C@@H](NC(=O)OC)C(C)C)[nH]4)cc3)cc2)[nH]1)C(C)C. The molecule has 8 rings (SSSR count). The van der Waals surface area contributed by atoms with Crippen LogP contribution in [0.4, 0.5) is 9.59 Å². The molecule has 2 aliphatic carbocycles. The summed E-state index contributed by atoms with van der Waals surface area (Å²) in [6.07, 6.45) is 9.88. The standard InChI is InChI=1S/C45H56N8O7/c1-26(2)36(50-42(56)58-5)40(54)52-25-44(17-7-18-44)21-34(52)38-46-23-32(48-38)30-13-9-28(10-14-30)29-11-15-31(16-12-29)33-24-47-39(49-33)35-22-45(19-8-20-45)60-53(35)41(55)37(27(3)4)51-43(57)59-6/h9-16,23-24,26-27,34-37H,7-8,17-22,25H2,1-6H3,(H,46,48)(H,47,49)(H,50,56)(H,51,57)/t34-,35-,36-,37-/m0/s1. The van der Waals surface area contributed by atoms with Gasteiger partial charge in [0.25, 0.3) is 5.91 Å². The summed E-state index contributed by atoms with van der Waals surface area (Å²) in [7, 11) is 2.58. The van der Waals surface area contributed by atoms with Gasteiger partial charge >= 0.3 is 12.2 Å². The quantitative estimate of drug-likeness (QED) is 0.119. The predicted octanol–water partition coefficient (Wildman–Crippen LogP) is 7.47. The number of benzene rings is 2. The normalized spacial score (nSPS) is 21.1. The summed E-state index contributed by atoms with van der Waals surface area (Å²) in [4.78, 5) is 76.9. The Balaban J connectivity index is 0.954. The van der Waals surface area contributed by atoms with Gasteiger partial charge in [0.2, 0.25) is 5.91 Å². The zero-order valence-corrected chi connectivity index (χ0v) is 35.2. The molecule has 0 radical (unpaired) electrons. The molecule has 2 aromatic heterocycles. The molecule has 0 unspecified atom stereocenters. The molecule has 4 heterocycles. The van der Waals surface area contributed by atoms with Gasteiger partial charge in [-0.15, -0.1) is 0 Å². The molecule has 4 fully saturated rings. The molecule has 2 saturated carbocycles. The van der Waals surface area contributed by atoms with Crippen molar-refractivity contribution in [3.63, 3.8) is 0 Å². The lowest BCUT2D eigenvalue weighted by Crippen LogP contribution is -2.51. The molecule has 4 N–H and O–H groups in total. The summed E-state index contributed by atoms with van der Waals surface area (Å²) >= 11 is 0.